The Balaban J connectivity index is 1.26. The van der Waals surface area contributed by atoms with Gasteiger partial charge in [-0.05, 0) is 84.2 Å². The number of imide groups is 1. The lowest BCUT2D eigenvalue weighted by molar-refractivity contribution is -0.286. The summed E-state index contributed by atoms with van der Waals surface area (Å²) in [5.41, 5.74) is -0.526. The molecule has 49 heavy (non-hydrogen) atoms. The topological polar surface area (TPSA) is 163 Å². The number of aryl methyl sites for hydroxylation is 2. The molecule has 2 N–H and O–H groups in total. The summed E-state index contributed by atoms with van der Waals surface area (Å²) < 4.78 is 47.8. The number of pyridine rings is 1. The van der Waals surface area contributed by atoms with Crippen LogP contribution in [0.3, 0.4) is 0 Å². The van der Waals surface area contributed by atoms with Gasteiger partial charge in [-0.25, -0.2) is 19.6 Å². The molecule has 0 spiro atoms. The third-order valence-corrected chi connectivity index (χ3v) is 7.29. The van der Waals surface area contributed by atoms with Gasteiger partial charge >= 0.3 is 18.5 Å². The summed E-state index contributed by atoms with van der Waals surface area (Å²) in [7, 11) is 0. The van der Waals surface area contributed by atoms with E-state index in [0.29, 0.717) is 35.5 Å². The Morgan fingerprint density at radius 3 is 2.29 bits per heavy atom. The minimum Gasteiger partial charge on any atom is -0.443 e. The van der Waals surface area contributed by atoms with Crippen LogP contribution in [0, 0.1) is 6.92 Å². The molecular weight excluding hydrogens is 646 g/mol. The van der Waals surface area contributed by atoms with Crippen molar-refractivity contribution < 1.29 is 42.1 Å². The van der Waals surface area contributed by atoms with Crippen molar-refractivity contribution in [3.8, 4) is 11.5 Å². The Morgan fingerprint density at radius 2 is 1.65 bits per heavy atom. The number of nitrogens with one attached hydrogen (secondary N) is 2. The zero-order valence-corrected chi connectivity index (χ0v) is 28.2. The van der Waals surface area contributed by atoms with E-state index >= 15 is 0 Å². The van der Waals surface area contributed by atoms with Crippen LogP contribution in [0.25, 0.3) is 0 Å². The molecular formula is C33H38F2N6O8. The lowest BCUT2D eigenvalue weighted by Gasteiger charge is -2.28. The fourth-order valence-corrected chi connectivity index (χ4v) is 5.14. The number of fused-ring (bicyclic) bond motifs is 2. The van der Waals surface area contributed by atoms with E-state index in [1.165, 1.54) is 29.0 Å². The molecule has 2 aliphatic heterocycles. The van der Waals surface area contributed by atoms with Gasteiger partial charge in [0.2, 0.25) is 5.91 Å². The molecule has 262 valence electrons. The van der Waals surface area contributed by atoms with Gasteiger partial charge < -0.3 is 29.6 Å². The highest BCUT2D eigenvalue weighted by Gasteiger charge is 2.43. The molecule has 1 atom stereocenters. The summed E-state index contributed by atoms with van der Waals surface area (Å²) in [6.45, 7) is 11.8. The Morgan fingerprint density at radius 1 is 1.00 bits per heavy atom. The van der Waals surface area contributed by atoms with E-state index in [4.69, 9.17) is 9.47 Å². The molecule has 0 bridgehead atoms. The van der Waals surface area contributed by atoms with E-state index < -0.39 is 47.2 Å². The van der Waals surface area contributed by atoms with Gasteiger partial charge in [0.25, 0.3) is 5.56 Å². The van der Waals surface area contributed by atoms with E-state index in [0.717, 1.165) is 4.90 Å². The summed E-state index contributed by atoms with van der Waals surface area (Å²) in [4.78, 5) is 62.3. The summed E-state index contributed by atoms with van der Waals surface area (Å²) in [5, 5.41) is 5.80. The number of anilines is 2. The summed E-state index contributed by atoms with van der Waals surface area (Å²) in [6, 6.07) is 6.53. The van der Waals surface area contributed by atoms with Crippen molar-refractivity contribution in [2.45, 2.75) is 97.9 Å². The van der Waals surface area contributed by atoms with Gasteiger partial charge in [0.1, 0.15) is 34.6 Å². The van der Waals surface area contributed by atoms with Gasteiger partial charge in [-0.2, -0.15) is 4.90 Å². The standard InChI is InChI=1S/C33H38F2N6O8/c1-18-20(9-12-26(39-18)41(29(44)48-31(2,3)4)30(45)49-32(5,6)7)16-38-27(42)22-10-13-25-37-17-21(28(43)40(22)25)36-15-19-8-11-23-24(14-19)47-33(34,35)46-23/h8-9,11-12,14,17,22,36H,10,13,15-16H2,1-7H3,(H,38,42)/t22-/m0/s1. The van der Waals surface area contributed by atoms with Crippen molar-refractivity contribution in [3.63, 3.8) is 0 Å². The second-order valence-electron chi connectivity index (χ2n) is 13.5. The molecule has 3 aromatic rings. The zero-order chi connectivity index (χ0) is 35.9. The van der Waals surface area contributed by atoms with Crippen molar-refractivity contribution in [1.82, 2.24) is 19.9 Å². The van der Waals surface area contributed by atoms with Crippen LogP contribution in [-0.2, 0) is 33.8 Å². The highest BCUT2D eigenvalue weighted by Crippen LogP contribution is 2.41. The first-order valence-electron chi connectivity index (χ1n) is 15.5. The number of carbonyl (C=O) groups is 3. The number of hydrogen-bond acceptors (Lipinski definition) is 11. The van der Waals surface area contributed by atoms with Gasteiger partial charge in [-0.3, -0.25) is 14.2 Å². The lowest BCUT2D eigenvalue weighted by atomic mass is 10.1. The highest BCUT2D eigenvalue weighted by atomic mass is 19.3. The number of rotatable bonds is 7. The van der Waals surface area contributed by atoms with Gasteiger partial charge in [0.05, 0.1) is 6.20 Å². The van der Waals surface area contributed by atoms with Crippen LogP contribution < -0.4 is 30.6 Å². The molecule has 3 amide bonds. The molecule has 0 saturated carbocycles. The van der Waals surface area contributed by atoms with Gasteiger partial charge in [-0.15, -0.1) is 8.78 Å². The van der Waals surface area contributed by atoms with Gasteiger partial charge in [-0.1, -0.05) is 12.1 Å². The number of nitrogens with zero attached hydrogens (tertiary/aromatic N) is 4. The van der Waals surface area contributed by atoms with Crippen molar-refractivity contribution in [1.29, 1.82) is 0 Å². The average Bonchev–Trinajstić information content (AvgIpc) is 3.54. The van der Waals surface area contributed by atoms with Crippen molar-refractivity contribution in [2.24, 2.45) is 0 Å². The molecule has 4 heterocycles. The minimum absolute atomic E-state index is 0.0165. The second-order valence-corrected chi connectivity index (χ2v) is 13.5. The molecule has 14 nitrogen and oxygen atoms in total. The summed E-state index contributed by atoms with van der Waals surface area (Å²) in [6.07, 6.45) is -3.51. The minimum atomic E-state index is -3.74. The Hall–Kier alpha value is -5.28. The Bertz CT molecular complexity index is 1820. The van der Waals surface area contributed by atoms with E-state index in [9.17, 15) is 28.0 Å². The number of amides is 3. The molecule has 0 unspecified atom stereocenters. The van der Waals surface area contributed by atoms with Crippen molar-refractivity contribution in [3.05, 3.63) is 69.5 Å². The van der Waals surface area contributed by atoms with Crippen LogP contribution >= 0.6 is 0 Å². The predicted octanol–water partition coefficient (Wildman–Crippen LogP) is 5.36. The third kappa shape index (κ3) is 8.24. The number of benzene rings is 1. The van der Waals surface area contributed by atoms with Crippen LogP contribution in [-0.4, -0.2) is 50.1 Å². The van der Waals surface area contributed by atoms with Crippen LogP contribution in [0.5, 0.6) is 11.5 Å². The Kier molecular flexibility index (Phi) is 9.27. The molecule has 5 rings (SSSR count). The van der Waals surface area contributed by atoms with Crippen molar-refractivity contribution in [2.75, 3.05) is 10.2 Å². The summed E-state index contributed by atoms with van der Waals surface area (Å²) >= 11 is 0. The second kappa shape index (κ2) is 13.0. The lowest BCUT2D eigenvalue weighted by Crippen LogP contribution is -2.44. The quantitative estimate of drug-likeness (QED) is 0.329. The summed E-state index contributed by atoms with van der Waals surface area (Å²) in [5.74, 6) is -0.186. The number of halogens is 2. The third-order valence-electron chi connectivity index (χ3n) is 7.29. The van der Waals surface area contributed by atoms with Crippen LogP contribution in [0.1, 0.15) is 76.7 Å². The van der Waals surface area contributed by atoms with E-state index in [1.807, 2.05) is 0 Å². The smallest absolute Gasteiger partial charge is 0.443 e. The van der Waals surface area contributed by atoms with Crippen LogP contribution in [0.2, 0.25) is 0 Å². The fraction of sp³-hybridized carbons (Fsp3) is 0.455. The monoisotopic (exact) mass is 684 g/mol. The van der Waals surface area contributed by atoms with Gasteiger partial charge in [0, 0.05) is 25.2 Å². The molecule has 0 aliphatic carbocycles. The highest BCUT2D eigenvalue weighted by molar-refractivity contribution is 6.08. The number of alkyl halides is 2. The average molecular weight is 685 g/mol. The molecule has 0 fully saturated rings. The molecule has 2 aliphatic rings. The molecule has 0 radical (unpaired) electrons. The SMILES string of the molecule is Cc1nc(N(C(=O)OC(C)(C)C)C(=O)OC(C)(C)C)ccc1CNC(=O)[C@@H]1CCc2ncc(NCc3ccc4c(c3)OC(F)(F)O4)c(=O)n21. The Labute approximate surface area is 280 Å². The first-order valence-corrected chi connectivity index (χ1v) is 15.5. The zero-order valence-electron chi connectivity index (χ0n) is 28.2. The number of carbonyl (C=O) groups excluding carboxylic acids is 3. The van der Waals surface area contributed by atoms with Crippen molar-refractivity contribution >= 4 is 29.6 Å². The van der Waals surface area contributed by atoms with Crippen LogP contribution in [0.15, 0.2) is 41.3 Å². The van der Waals surface area contributed by atoms with E-state index in [-0.39, 0.29) is 36.1 Å². The van der Waals surface area contributed by atoms with Gasteiger partial charge in [0.15, 0.2) is 11.5 Å². The number of hydrogen-bond donors (Lipinski definition) is 2. The fourth-order valence-electron chi connectivity index (χ4n) is 5.14. The van der Waals surface area contributed by atoms with E-state index in [2.05, 4.69) is 30.1 Å². The number of aromatic nitrogens is 3. The number of ether oxygens (including phenoxy) is 4. The molecule has 16 heteroatoms. The molecule has 1 aromatic carbocycles. The van der Waals surface area contributed by atoms with E-state index in [1.54, 1.807) is 60.6 Å². The largest absolute Gasteiger partial charge is 0.586 e. The normalized spacial score (nSPS) is 16.1. The predicted molar refractivity (Wildman–Crippen MR) is 172 cm³/mol. The van der Waals surface area contributed by atoms with Crippen LogP contribution in [0.4, 0.5) is 29.9 Å². The first-order chi connectivity index (χ1) is 22.8. The molecule has 2 aromatic heterocycles. The maximum absolute atomic E-state index is 13.4. The maximum atomic E-state index is 13.4. The maximum Gasteiger partial charge on any atom is 0.586 e. The first kappa shape index (κ1) is 35.0. The molecule has 0 saturated heterocycles.